The van der Waals surface area contributed by atoms with Crippen molar-refractivity contribution in [2.75, 3.05) is 0 Å². The zero-order chi connectivity index (χ0) is 10.9. The first-order chi connectivity index (χ1) is 7.06. The SMILES string of the molecule is O=P([O-])([O-])Oc1cccc2ccccc12.[Ag+2]. The minimum Gasteiger partial charge on any atom is -0.780 e. The molecule has 2 aromatic carbocycles. The Bertz CT molecular complexity index is 532. The summed E-state index contributed by atoms with van der Waals surface area (Å²) in [4.78, 5) is 21.0. The molecular formula is C10H7AgO4P. The summed E-state index contributed by atoms with van der Waals surface area (Å²) in [7, 11) is -4.99. The Morgan fingerprint density at radius 1 is 1.00 bits per heavy atom. The minimum atomic E-state index is -4.99. The quantitative estimate of drug-likeness (QED) is 0.609. The largest absolute Gasteiger partial charge is 2.00 e. The molecule has 4 nitrogen and oxygen atoms in total. The van der Waals surface area contributed by atoms with Crippen LogP contribution in [0.5, 0.6) is 5.75 Å². The van der Waals surface area contributed by atoms with Gasteiger partial charge in [0.15, 0.2) is 0 Å². The van der Waals surface area contributed by atoms with Gasteiger partial charge in [-0.15, -0.1) is 0 Å². The second kappa shape index (κ2) is 5.15. The first-order valence-corrected chi connectivity index (χ1v) is 5.72. The smallest absolute Gasteiger partial charge is 0.780 e. The van der Waals surface area contributed by atoms with Gasteiger partial charge in [0.2, 0.25) is 0 Å². The summed E-state index contributed by atoms with van der Waals surface area (Å²) in [5.41, 5.74) is 0. The molecule has 0 aliphatic rings. The number of rotatable bonds is 2. The van der Waals surface area contributed by atoms with E-state index in [4.69, 9.17) is 0 Å². The molecule has 0 atom stereocenters. The second-order valence-electron chi connectivity index (χ2n) is 3.02. The number of benzene rings is 2. The Hall–Kier alpha value is -0.610. The molecule has 2 aromatic rings. The fourth-order valence-corrected chi connectivity index (χ4v) is 1.80. The Labute approximate surface area is 108 Å². The van der Waals surface area contributed by atoms with Crippen LogP contribution in [0.25, 0.3) is 10.8 Å². The van der Waals surface area contributed by atoms with E-state index in [1.54, 1.807) is 18.2 Å². The zero-order valence-corrected chi connectivity index (χ0v) is 10.3. The van der Waals surface area contributed by atoms with Gasteiger partial charge in [-0.3, -0.25) is 0 Å². The third-order valence-electron chi connectivity index (χ3n) is 1.96. The maximum absolute atomic E-state index is 10.5. The van der Waals surface area contributed by atoms with Crippen molar-refractivity contribution < 1.29 is 41.3 Å². The van der Waals surface area contributed by atoms with Gasteiger partial charge in [0.25, 0.3) is 0 Å². The van der Waals surface area contributed by atoms with Gasteiger partial charge < -0.3 is 18.9 Å². The number of hydrogen-bond donors (Lipinski definition) is 0. The fourth-order valence-electron chi connectivity index (χ4n) is 1.40. The van der Waals surface area contributed by atoms with E-state index in [0.717, 1.165) is 5.39 Å². The Morgan fingerprint density at radius 3 is 2.31 bits per heavy atom. The average Bonchev–Trinajstić information content (AvgIpc) is 2.16. The first kappa shape index (κ1) is 13.5. The molecule has 6 heteroatoms. The van der Waals surface area contributed by atoms with Crippen molar-refractivity contribution in [1.29, 1.82) is 0 Å². The van der Waals surface area contributed by atoms with E-state index in [-0.39, 0.29) is 28.1 Å². The van der Waals surface area contributed by atoms with Crippen LogP contribution in [0.1, 0.15) is 0 Å². The van der Waals surface area contributed by atoms with Crippen molar-refractivity contribution in [3.63, 3.8) is 0 Å². The number of phosphoric ester groups is 1. The van der Waals surface area contributed by atoms with Crippen molar-refractivity contribution >= 4 is 18.6 Å². The predicted molar refractivity (Wildman–Crippen MR) is 52.2 cm³/mol. The molecule has 0 saturated heterocycles. The molecular weight excluding hydrogens is 323 g/mol. The topological polar surface area (TPSA) is 72.4 Å². The number of phosphoric acid groups is 1. The number of hydrogen-bond acceptors (Lipinski definition) is 4. The maximum atomic E-state index is 10.5. The summed E-state index contributed by atoms with van der Waals surface area (Å²) in [6, 6.07) is 12.0. The van der Waals surface area contributed by atoms with E-state index in [1.165, 1.54) is 6.07 Å². The molecule has 0 aliphatic heterocycles. The molecule has 0 N–H and O–H groups in total. The third kappa shape index (κ3) is 3.19. The van der Waals surface area contributed by atoms with Crippen LogP contribution < -0.4 is 14.3 Å². The Morgan fingerprint density at radius 2 is 1.62 bits per heavy atom. The molecule has 0 spiro atoms. The molecule has 0 heterocycles. The van der Waals surface area contributed by atoms with E-state index in [2.05, 4.69) is 4.52 Å². The van der Waals surface area contributed by atoms with E-state index in [1.807, 2.05) is 18.2 Å². The van der Waals surface area contributed by atoms with E-state index < -0.39 is 7.82 Å². The summed E-state index contributed by atoms with van der Waals surface area (Å²) >= 11 is 0. The van der Waals surface area contributed by atoms with Gasteiger partial charge in [0, 0.05) is 5.39 Å². The molecule has 87 valence electrons. The summed E-state index contributed by atoms with van der Waals surface area (Å²) in [5, 5.41) is 1.43. The van der Waals surface area contributed by atoms with Gasteiger partial charge in [0.1, 0.15) is 13.6 Å². The van der Waals surface area contributed by atoms with Crippen LogP contribution in [-0.2, 0) is 26.9 Å². The van der Waals surface area contributed by atoms with Crippen molar-refractivity contribution in [1.82, 2.24) is 0 Å². The van der Waals surface area contributed by atoms with Gasteiger partial charge in [-0.2, -0.15) is 0 Å². The van der Waals surface area contributed by atoms with Gasteiger partial charge in [0.05, 0.1) is 0 Å². The molecule has 0 unspecified atom stereocenters. The van der Waals surface area contributed by atoms with Crippen LogP contribution in [0.15, 0.2) is 42.5 Å². The van der Waals surface area contributed by atoms with E-state index in [9.17, 15) is 14.4 Å². The molecule has 0 bridgehead atoms. The minimum absolute atomic E-state index is 0. The standard InChI is InChI=1S/C10H9O4P.Ag/c11-15(12,13)14-10-7-3-5-8-4-1-2-6-9(8)10;/h1-7H,(H2,11,12,13);/q;+2/p-2. The number of fused-ring (bicyclic) bond motifs is 1. The summed E-state index contributed by atoms with van der Waals surface area (Å²) in [5.74, 6) is 0.0708. The van der Waals surface area contributed by atoms with Crippen molar-refractivity contribution in [3.05, 3.63) is 42.5 Å². The van der Waals surface area contributed by atoms with Crippen LogP contribution in [0.3, 0.4) is 0 Å². The summed E-state index contributed by atoms with van der Waals surface area (Å²) < 4.78 is 14.9. The molecule has 2 rings (SSSR count). The van der Waals surface area contributed by atoms with Crippen LogP contribution in [-0.4, -0.2) is 0 Å². The normalized spacial score (nSPS) is 10.9. The maximum Gasteiger partial charge on any atom is 2.00 e. The molecule has 0 aromatic heterocycles. The van der Waals surface area contributed by atoms with Crippen molar-refractivity contribution in [2.24, 2.45) is 0 Å². The van der Waals surface area contributed by atoms with Gasteiger partial charge >= 0.3 is 22.4 Å². The molecule has 0 aliphatic carbocycles. The predicted octanol–water partition coefficient (Wildman–Crippen LogP) is 1.04. The van der Waals surface area contributed by atoms with Crippen LogP contribution in [0.2, 0.25) is 0 Å². The van der Waals surface area contributed by atoms with Crippen molar-refractivity contribution in [2.45, 2.75) is 0 Å². The van der Waals surface area contributed by atoms with Gasteiger partial charge in [-0.05, 0) is 11.5 Å². The zero-order valence-electron chi connectivity index (χ0n) is 7.92. The Balaban J connectivity index is 0.00000128. The molecule has 0 amide bonds. The second-order valence-corrected chi connectivity index (χ2v) is 4.09. The monoisotopic (exact) mass is 329 g/mol. The van der Waals surface area contributed by atoms with Crippen molar-refractivity contribution in [3.8, 4) is 5.75 Å². The van der Waals surface area contributed by atoms with Crippen LogP contribution in [0.4, 0.5) is 0 Å². The summed E-state index contributed by atoms with van der Waals surface area (Å²) in [6.07, 6.45) is 0. The molecule has 16 heavy (non-hydrogen) atoms. The van der Waals surface area contributed by atoms with Crippen LogP contribution >= 0.6 is 7.82 Å². The summed E-state index contributed by atoms with van der Waals surface area (Å²) in [6.45, 7) is 0. The average molecular weight is 330 g/mol. The van der Waals surface area contributed by atoms with Gasteiger partial charge in [-0.1, -0.05) is 36.4 Å². The first-order valence-electron chi connectivity index (χ1n) is 4.26. The Kier molecular flexibility index (Phi) is 4.33. The van der Waals surface area contributed by atoms with E-state index in [0.29, 0.717) is 5.39 Å². The third-order valence-corrected chi connectivity index (χ3v) is 2.38. The van der Waals surface area contributed by atoms with Crippen LogP contribution in [0, 0.1) is 0 Å². The molecule has 1 radical (unpaired) electrons. The molecule has 0 saturated carbocycles. The van der Waals surface area contributed by atoms with Gasteiger partial charge in [-0.25, -0.2) is 0 Å². The van der Waals surface area contributed by atoms with E-state index >= 15 is 0 Å². The fraction of sp³-hybridized carbons (Fsp3) is 0. The molecule has 0 fully saturated rings.